The number of nitrogens with one attached hydrogen (secondary N) is 7. The van der Waals surface area contributed by atoms with E-state index in [-0.39, 0.29) is 122 Å². The molecule has 0 bridgehead atoms. The first-order chi connectivity index (χ1) is 38.6. The Morgan fingerprint density at radius 2 is 0.863 bits per heavy atom. The molecule has 468 valence electrons. The molecule has 0 aliphatic rings. The van der Waals surface area contributed by atoms with Gasteiger partial charge in [-0.05, 0) is 58.4 Å². The summed E-state index contributed by atoms with van der Waals surface area (Å²) in [5.74, 6) is -4.43. The first-order valence-electron chi connectivity index (χ1n) is 28.5. The molecule has 0 aromatic rings. The van der Waals surface area contributed by atoms with E-state index in [1.807, 2.05) is 13.8 Å². The molecule has 0 fully saturated rings. The van der Waals surface area contributed by atoms with Crippen molar-refractivity contribution in [1.29, 1.82) is 0 Å². The van der Waals surface area contributed by atoms with Gasteiger partial charge >= 0.3 is 11.9 Å². The molecule has 7 amide bonds. The van der Waals surface area contributed by atoms with Crippen LogP contribution in [0.3, 0.4) is 0 Å². The van der Waals surface area contributed by atoms with Crippen LogP contribution >= 0.6 is 0 Å². The van der Waals surface area contributed by atoms with E-state index in [0.29, 0.717) is 51.6 Å². The molecular formula is C54H104N8O18. The number of hydrogen-bond acceptors (Lipinski definition) is 16. The zero-order chi connectivity index (χ0) is 60.9. The number of primary amides is 1. The van der Waals surface area contributed by atoms with Crippen molar-refractivity contribution < 1.29 is 87.3 Å². The molecule has 0 heterocycles. The Morgan fingerprint density at radius 3 is 1.31 bits per heavy atom. The Balaban J connectivity index is -0.00000393. The van der Waals surface area contributed by atoms with Gasteiger partial charge in [-0.3, -0.25) is 43.2 Å². The van der Waals surface area contributed by atoms with Crippen molar-refractivity contribution in [1.82, 2.24) is 37.2 Å². The molecule has 0 aliphatic heterocycles. The lowest BCUT2D eigenvalue weighted by Crippen LogP contribution is -2.50. The van der Waals surface area contributed by atoms with Gasteiger partial charge in [0.2, 0.25) is 41.4 Å². The molecule has 3 atom stereocenters. The maximum atomic E-state index is 12.4. The molecule has 0 aliphatic carbocycles. The van der Waals surface area contributed by atoms with Gasteiger partial charge in [0.25, 0.3) is 6.47 Å². The Labute approximate surface area is 475 Å². The number of hydrogen-bond donors (Lipinski definition) is 12. The summed E-state index contributed by atoms with van der Waals surface area (Å²) in [4.78, 5) is 115. The molecule has 0 spiro atoms. The Kier molecular flexibility index (Phi) is 63.4. The van der Waals surface area contributed by atoms with E-state index in [1.165, 1.54) is 44.9 Å². The summed E-state index contributed by atoms with van der Waals surface area (Å²) >= 11 is 0. The first kappa shape index (κ1) is 80.9. The predicted molar refractivity (Wildman–Crippen MR) is 301 cm³/mol. The number of carboxylic acid groups (broad SMARTS) is 3. The van der Waals surface area contributed by atoms with E-state index in [1.54, 1.807) is 14.0 Å². The highest BCUT2D eigenvalue weighted by atomic mass is 16.5. The monoisotopic (exact) mass is 1150 g/mol. The second kappa shape index (κ2) is 62.7. The molecule has 0 aromatic heterocycles. The number of amides is 7. The molecule has 0 radical (unpaired) electrons. The highest BCUT2D eigenvalue weighted by Gasteiger charge is 2.23. The highest BCUT2D eigenvalue weighted by Crippen LogP contribution is 2.14. The van der Waals surface area contributed by atoms with Crippen molar-refractivity contribution in [2.45, 2.75) is 193 Å². The maximum absolute atomic E-state index is 12.4. The Bertz CT molecular complexity index is 1600. The van der Waals surface area contributed by atoms with Crippen molar-refractivity contribution in [2.75, 3.05) is 93.2 Å². The fraction of sp³-hybridized carbons (Fsp3) is 0.815. The van der Waals surface area contributed by atoms with Gasteiger partial charge in [0.15, 0.2) is 0 Å². The average Bonchev–Trinajstić information content (AvgIpc) is 3.43. The summed E-state index contributed by atoms with van der Waals surface area (Å²) in [6.07, 6.45) is 18.6. The topological polar surface area (TPSA) is 399 Å². The third-order valence-corrected chi connectivity index (χ3v) is 11.6. The Hall–Kier alpha value is -5.54. The summed E-state index contributed by atoms with van der Waals surface area (Å²) in [6, 6.07) is -2.43. The number of nitrogens with two attached hydrogens (primary N) is 1. The van der Waals surface area contributed by atoms with Crippen LogP contribution in [0.2, 0.25) is 0 Å². The number of likely N-dealkylation sites (N-methyl/N-ethyl adjacent to an activating group) is 1. The zero-order valence-electron chi connectivity index (χ0n) is 48.8. The van der Waals surface area contributed by atoms with Crippen molar-refractivity contribution in [2.24, 2.45) is 5.73 Å². The van der Waals surface area contributed by atoms with Gasteiger partial charge in [0.1, 0.15) is 25.3 Å². The molecule has 80 heavy (non-hydrogen) atoms. The van der Waals surface area contributed by atoms with Crippen LogP contribution in [0.4, 0.5) is 0 Å². The van der Waals surface area contributed by atoms with Crippen LogP contribution < -0.4 is 43.0 Å². The van der Waals surface area contributed by atoms with E-state index in [4.69, 9.17) is 44.8 Å². The van der Waals surface area contributed by atoms with E-state index in [9.17, 15) is 48.3 Å². The fourth-order valence-electron chi connectivity index (χ4n) is 7.29. The summed E-state index contributed by atoms with van der Waals surface area (Å²) < 4.78 is 21.4. The minimum atomic E-state index is -1.25. The largest absolute Gasteiger partial charge is 0.483 e. The highest BCUT2D eigenvalue weighted by molar-refractivity contribution is 5.89. The minimum absolute atomic E-state index is 0.0334. The van der Waals surface area contributed by atoms with Crippen LogP contribution in [0, 0.1) is 0 Å². The van der Waals surface area contributed by atoms with Gasteiger partial charge in [-0.25, -0.2) is 4.79 Å². The fourth-order valence-corrected chi connectivity index (χ4v) is 7.29. The number of rotatable bonds is 52. The zero-order valence-corrected chi connectivity index (χ0v) is 48.8. The van der Waals surface area contributed by atoms with Gasteiger partial charge < -0.3 is 82.3 Å². The number of carboxylic acids is 2. The van der Waals surface area contributed by atoms with Gasteiger partial charge in [0, 0.05) is 59.0 Å². The molecule has 0 rings (SSSR count). The standard InChI is InChI=1S/C50H92N8O15.C2H6.CH2O2.CH4O/c1-3-39(48(51)66)58-49(67)40(52-2)21-18-19-27-54-45(62)37-72-35-34-71-32-30-56-46(63)38-73-36-33-70-31-29-55-43(60)26-25-41(50(68)69)57-44(61)23-20-28-53-42(59)22-16-14-12-10-8-6-4-5-7-9-11-13-15-17-24-47(64)65;1-2;2-1-3;1-2/h39-41,52H,3-38H2,1-2H3,(H2,51,66)(H,53,59)(H,54,62)(H,55,60)(H,56,63)(H,57,61)(H,58,67)(H,64,65)(H,68,69);1-2H3;1H,(H,2,3);2H,1H3/t39-,40?,41?;;;/m0.../s1. The molecule has 0 aromatic carbocycles. The van der Waals surface area contributed by atoms with Crippen molar-refractivity contribution in [3.63, 3.8) is 0 Å². The number of unbranched alkanes of at least 4 members (excludes halogenated alkanes) is 14. The maximum Gasteiger partial charge on any atom is 0.326 e. The lowest BCUT2D eigenvalue weighted by atomic mass is 10.0. The minimum Gasteiger partial charge on any atom is -0.483 e. The van der Waals surface area contributed by atoms with Crippen LogP contribution in [-0.4, -0.2) is 192 Å². The third-order valence-electron chi connectivity index (χ3n) is 11.6. The van der Waals surface area contributed by atoms with Gasteiger partial charge in [-0.1, -0.05) is 97.8 Å². The smallest absolute Gasteiger partial charge is 0.326 e. The molecular weight excluding hydrogens is 1050 g/mol. The number of aliphatic carboxylic acids is 2. The second-order valence-electron chi connectivity index (χ2n) is 18.0. The summed E-state index contributed by atoms with van der Waals surface area (Å²) in [5, 5.41) is 50.9. The molecule has 0 saturated carbocycles. The van der Waals surface area contributed by atoms with E-state index in [0.717, 1.165) is 52.1 Å². The van der Waals surface area contributed by atoms with Crippen molar-refractivity contribution >= 4 is 59.8 Å². The normalized spacial score (nSPS) is 11.5. The van der Waals surface area contributed by atoms with Gasteiger partial charge in [-0.15, -0.1) is 0 Å². The quantitative estimate of drug-likeness (QED) is 0.0307. The summed E-state index contributed by atoms with van der Waals surface area (Å²) in [7, 11) is 2.66. The Morgan fingerprint density at radius 1 is 0.463 bits per heavy atom. The summed E-state index contributed by atoms with van der Waals surface area (Å²) in [5.41, 5.74) is 5.29. The van der Waals surface area contributed by atoms with Gasteiger partial charge in [-0.2, -0.15) is 0 Å². The van der Waals surface area contributed by atoms with Crippen LogP contribution in [0.15, 0.2) is 0 Å². The first-order valence-corrected chi connectivity index (χ1v) is 28.5. The van der Waals surface area contributed by atoms with Crippen molar-refractivity contribution in [3.05, 3.63) is 0 Å². The van der Waals surface area contributed by atoms with E-state index in [2.05, 4.69) is 37.2 Å². The number of carbonyl (C=O) groups excluding carboxylic acids is 7. The number of ether oxygens (including phenoxy) is 4. The number of aliphatic hydroxyl groups is 1. The lowest BCUT2D eigenvalue weighted by Gasteiger charge is -2.19. The van der Waals surface area contributed by atoms with Crippen LogP contribution in [0.25, 0.3) is 0 Å². The van der Waals surface area contributed by atoms with Gasteiger partial charge in [0.05, 0.1) is 45.7 Å². The molecule has 2 unspecified atom stereocenters. The molecule has 0 saturated heterocycles. The summed E-state index contributed by atoms with van der Waals surface area (Å²) in [6.45, 7) is 7.41. The molecule has 26 heteroatoms. The number of aliphatic hydroxyl groups excluding tert-OH is 1. The van der Waals surface area contributed by atoms with Crippen LogP contribution in [-0.2, 0) is 66.9 Å². The molecule has 13 N–H and O–H groups in total. The average molecular weight is 1150 g/mol. The van der Waals surface area contributed by atoms with Crippen LogP contribution in [0.1, 0.15) is 175 Å². The third kappa shape index (κ3) is 58.6. The second-order valence-corrected chi connectivity index (χ2v) is 18.0. The molecule has 26 nitrogen and oxygen atoms in total. The van der Waals surface area contributed by atoms with Crippen molar-refractivity contribution in [3.8, 4) is 0 Å². The van der Waals surface area contributed by atoms with Crippen LogP contribution in [0.5, 0.6) is 0 Å². The SMILES string of the molecule is CC.CC[C@H](NC(=O)C(CCCCNC(=O)COCCOCCNC(=O)COCCOCCNC(=O)CCC(NC(=O)CCCNC(=O)CCCCCCCCCCCCCCCCC(=O)O)C(=O)O)NC)C(N)=O.CO.O=CO. The number of carbonyl (C=O) groups is 10. The van der Waals surface area contributed by atoms with E-state index >= 15 is 0 Å². The predicted octanol–water partition coefficient (Wildman–Crippen LogP) is 2.45. The lowest BCUT2D eigenvalue weighted by molar-refractivity contribution is -0.142. The van der Waals surface area contributed by atoms with E-state index < -0.39 is 47.8 Å².